The molecule has 146 valence electrons. The highest BCUT2D eigenvalue weighted by atomic mass is 32.2. The Hall–Kier alpha value is -2.87. The molecule has 7 nitrogen and oxygen atoms in total. The first kappa shape index (κ1) is 19.9. The molecule has 2 aromatic carbocycles. The molecule has 1 aromatic heterocycles. The van der Waals surface area contributed by atoms with Crippen molar-refractivity contribution >= 4 is 17.7 Å². The molecule has 0 saturated heterocycles. The molecule has 1 N–H and O–H groups in total. The van der Waals surface area contributed by atoms with Crippen LogP contribution in [-0.2, 0) is 4.79 Å². The minimum Gasteiger partial charge on any atom is -0.494 e. The van der Waals surface area contributed by atoms with Crippen LogP contribution in [0.15, 0.2) is 53.7 Å². The Balaban J connectivity index is 1.60. The summed E-state index contributed by atoms with van der Waals surface area (Å²) in [6.07, 6.45) is 0. The van der Waals surface area contributed by atoms with Crippen LogP contribution >= 0.6 is 11.8 Å². The van der Waals surface area contributed by atoms with Crippen LogP contribution in [0, 0.1) is 6.92 Å². The van der Waals surface area contributed by atoms with E-state index in [1.54, 1.807) is 11.8 Å². The molecule has 1 atom stereocenters. The van der Waals surface area contributed by atoms with Gasteiger partial charge < -0.3 is 10.1 Å². The third-order valence-electron chi connectivity index (χ3n) is 4.31. The largest absolute Gasteiger partial charge is 0.494 e. The normalized spacial score (nSPS) is 11.8. The zero-order chi connectivity index (χ0) is 19.9. The minimum atomic E-state index is -0.0569. The molecule has 0 fully saturated rings. The molecule has 28 heavy (non-hydrogen) atoms. The maximum atomic E-state index is 12.3. The third-order valence-corrected chi connectivity index (χ3v) is 5.23. The van der Waals surface area contributed by atoms with Crippen LogP contribution in [0.1, 0.15) is 24.0 Å². The Bertz CT molecular complexity index is 929. The second-order valence-electron chi connectivity index (χ2n) is 6.45. The number of tetrazole rings is 1. The summed E-state index contributed by atoms with van der Waals surface area (Å²) < 4.78 is 7.00. The van der Waals surface area contributed by atoms with Gasteiger partial charge in [-0.15, -0.1) is 5.10 Å². The Morgan fingerprint density at radius 2 is 2.04 bits per heavy atom. The lowest BCUT2D eigenvalue weighted by Gasteiger charge is -2.13. The van der Waals surface area contributed by atoms with E-state index in [1.165, 1.54) is 17.3 Å². The second kappa shape index (κ2) is 9.36. The van der Waals surface area contributed by atoms with E-state index in [0.29, 0.717) is 17.5 Å². The molecule has 1 amide bonds. The fraction of sp³-hybridized carbons (Fsp3) is 0.300. The van der Waals surface area contributed by atoms with E-state index in [2.05, 4.69) is 39.9 Å². The number of carbonyl (C=O) groups is 1. The molecule has 0 aliphatic carbocycles. The van der Waals surface area contributed by atoms with E-state index in [0.717, 1.165) is 11.3 Å². The lowest BCUT2D eigenvalue weighted by Crippen LogP contribution is -2.29. The lowest BCUT2D eigenvalue weighted by atomic mass is 10.0. The Labute approximate surface area is 168 Å². The van der Waals surface area contributed by atoms with E-state index in [1.807, 2.05) is 43.3 Å². The zero-order valence-corrected chi connectivity index (χ0v) is 16.9. The Morgan fingerprint density at radius 1 is 1.25 bits per heavy atom. The van der Waals surface area contributed by atoms with Crippen molar-refractivity contribution in [2.75, 3.05) is 19.4 Å². The van der Waals surface area contributed by atoms with Gasteiger partial charge in [-0.2, -0.15) is 4.68 Å². The maximum absolute atomic E-state index is 12.3. The van der Waals surface area contributed by atoms with Gasteiger partial charge in [-0.25, -0.2) is 0 Å². The number of hydrogen-bond donors (Lipinski definition) is 1. The average Bonchev–Trinajstić information content (AvgIpc) is 3.19. The van der Waals surface area contributed by atoms with Gasteiger partial charge >= 0.3 is 0 Å². The Morgan fingerprint density at radius 3 is 2.79 bits per heavy atom. The van der Waals surface area contributed by atoms with Gasteiger partial charge in [0.05, 0.1) is 12.9 Å². The minimum absolute atomic E-state index is 0.0569. The Kier molecular flexibility index (Phi) is 6.65. The highest BCUT2D eigenvalue weighted by Gasteiger charge is 2.15. The van der Waals surface area contributed by atoms with Crippen LogP contribution in [0.4, 0.5) is 0 Å². The maximum Gasteiger partial charge on any atom is 0.230 e. The fourth-order valence-corrected chi connectivity index (χ4v) is 3.45. The second-order valence-corrected chi connectivity index (χ2v) is 7.40. The van der Waals surface area contributed by atoms with Gasteiger partial charge in [0, 0.05) is 6.54 Å². The van der Waals surface area contributed by atoms with Crippen LogP contribution in [0.3, 0.4) is 0 Å². The van der Waals surface area contributed by atoms with E-state index in [9.17, 15) is 4.79 Å². The molecule has 0 aliphatic rings. The summed E-state index contributed by atoms with van der Waals surface area (Å²) in [5.41, 5.74) is 3.01. The first-order valence-electron chi connectivity index (χ1n) is 8.96. The summed E-state index contributed by atoms with van der Waals surface area (Å²) in [6.45, 7) is 4.66. The zero-order valence-electron chi connectivity index (χ0n) is 16.1. The SMILES string of the molecule is COc1ccc(C)cc1-n1nnnc1SCC(=O)NC[C@@H](C)c1ccccc1. The molecule has 0 radical (unpaired) electrons. The predicted octanol–water partition coefficient (Wildman–Crippen LogP) is 2.99. The third kappa shape index (κ3) is 4.89. The number of hydrogen-bond acceptors (Lipinski definition) is 6. The lowest BCUT2D eigenvalue weighted by molar-refractivity contribution is -0.118. The van der Waals surface area contributed by atoms with Gasteiger partial charge in [-0.3, -0.25) is 4.79 Å². The summed E-state index contributed by atoms with van der Waals surface area (Å²) in [4.78, 5) is 12.3. The first-order chi connectivity index (χ1) is 13.6. The monoisotopic (exact) mass is 397 g/mol. The first-order valence-corrected chi connectivity index (χ1v) is 9.95. The number of aryl methyl sites for hydroxylation is 1. The van der Waals surface area contributed by atoms with Crippen LogP contribution in [0.2, 0.25) is 0 Å². The molecule has 3 rings (SSSR count). The number of nitrogens with zero attached hydrogens (tertiary/aromatic N) is 4. The molecule has 3 aromatic rings. The molecule has 0 spiro atoms. The number of amides is 1. The number of benzene rings is 2. The molecule has 0 saturated carbocycles. The quantitative estimate of drug-likeness (QED) is 0.589. The number of rotatable bonds is 8. The van der Waals surface area contributed by atoms with Gasteiger partial charge in [0.25, 0.3) is 0 Å². The van der Waals surface area contributed by atoms with Crippen molar-refractivity contribution < 1.29 is 9.53 Å². The van der Waals surface area contributed by atoms with Crippen molar-refractivity contribution in [2.45, 2.75) is 24.9 Å². The molecular formula is C20H23N5O2S. The molecule has 1 heterocycles. The molecule has 0 unspecified atom stereocenters. The standard InChI is InChI=1S/C20H23N5O2S/c1-14-9-10-18(27-3)17(11-14)25-20(22-23-24-25)28-13-19(26)21-12-15(2)16-7-5-4-6-8-16/h4-11,15H,12-13H2,1-3H3,(H,21,26)/t15-/m1/s1. The van der Waals surface area contributed by atoms with Crippen LogP contribution in [-0.4, -0.2) is 45.5 Å². The van der Waals surface area contributed by atoms with Gasteiger partial charge in [0.15, 0.2) is 0 Å². The number of methoxy groups -OCH3 is 1. The highest BCUT2D eigenvalue weighted by Crippen LogP contribution is 2.26. The number of aromatic nitrogens is 4. The van der Waals surface area contributed by atoms with Gasteiger partial charge in [0.1, 0.15) is 11.4 Å². The smallest absolute Gasteiger partial charge is 0.230 e. The van der Waals surface area contributed by atoms with Crippen molar-refractivity contribution in [1.82, 2.24) is 25.5 Å². The number of carbonyl (C=O) groups excluding carboxylic acids is 1. The van der Waals surface area contributed by atoms with Crippen LogP contribution in [0.5, 0.6) is 5.75 Å². The van der Waals surface area contributed by atoms with E-state index in [-0.39, 0.29) is 17.6 Å². The number of ether oxygens (including phenoxy) is 1. The van der Waals surface area contributed by atoms with Crippen molar-refractivity contribution in [1.29, 1.82) is 0 Å². The van der Waals surface area contributed by atoms with Crippen LogP contribution in [0.25, 0.3) is 5.69 Å². The summed E-state index contributed by atoms with van der Waals surface area (Å²) >= 11 is 1.29. The number of thioether (sulfide) groups is 1. The van der Waals surface area contributed by atoms with Gasteiger partial charge in [0.2, 0.25) is 11.1 Å². The predicted molar refractivity (Wildman–Crippen MR) is 109 cm³/mol. The average molecular weight is 398 g/mol. The molecular weight excluding hydrogens is 374 g/mol. The van der Waals surface area contributed by atoms with Crippen molar-refractivity contribution in [3.05, 3.63) is 59.7 Å². The van der Waals surface area contributed by atoms with Gasteiger partial charge in [-0.05, 0) is 46.5 Å². The summed E-state index contributed by atoms with van der Waals surface area (Å²) in [5, 5.41) is 15.4. The topological polar surface area (TPSA) is 81.9 Å². The van der Waals surface area contributed by atoms with E-state index in [4.69, 9.17) is 4.74 Å². The van der Waals surface area contributed by atoms with Crippen molar-refractivity contribution in [3.63, 3.8) is 0 Å². The molecule has 0 bridgehead atoms. The van der Waals surface area contributed by atoms with Gasteiger partial charge in [-0.1, -0.05) is 55.1 Å². The summed E-state index contributed by atoms with van der Waals surface area (Å²) in [7, 11) is 1.60. The fourth-order valence-electron chi connectivity index (χ4n) is 2.73. The van der Waals surface area contributed by atoms with Crippen LogP contribution < -0.4 is 10.1 Å². The number of nitrogens with one attached hydrogen (secondary N) is 1. The summed E-state index contributed by atoms with van der Waals surface area (Å²) in [6, 6.07) is 15.9. The van der Waals surface area contributed by atoms with Crippen molar-refractivity contribution in [3.8, 4) is 11.4 Å². The van der Waals surface area contributed by atoms with E-state index >= 15 is 0 Å². The van der Waals surface area contributed by atoms with E-state index < -0.39 is 0 Å². The highest BCUT2D eigenvalue weighted by molar-refractivity contribution is 7.99. The summed E-state index contributed by atoms with van der Waals surface area (Å²) in [5.74, 6) is 1.09. The van der Waals surface area contributed by atoms with Crippen molar-refractivity contribution in [2.24, 2.45) is 0 Å². The molecule has 0 aliphatic heterocycles. The molecule has 8 heteroatoms.